The van der Waals surface area contributed by atoms with Gasteiger partial charge in [0.15, 0.2) is 0 Å². The highest BCUT2D eigenvalue weighted by Crippen LogP contribution is 2.17. The van der Waals surface area contributed by atoms with Crippen molar-refractivity contribution in [2.75, 3.05) is 19.8 Å². The van der Waals surface area contributed by atoms with Crippen molar-refractivity contribution in [1.29, 1.82) is 0 Å². The molecule has 1 saturated heterocycles. The van der Waals surface area contributed by atoms with Gasteiger partial charge in [-0.25, -0.2) is 4.79 Å². The van der Waals surface area contributed by atoms with Crippen LogP contribution in [-0.4, -0.2) is 59.5 Å². The van der Waals surface area contributed by atoms with Crippen molar-refractivity contribution in [2.45, 2.75) is 44.9 Å². The largest absolute Gasteiger partial charge is 0.481 e. The lowest BCUT2D eigenvalue weighted by atomic mass is 10.0. The van der Waals surface area contributed by atoms with Crippen LogP contribution in [0.1, 0.15) is 27.2 Å². The van der Waals surface area contributed by atoms with E-state index in [4.69, 9.17) is 20.3 Å². The second-order valence-electron chi connectivity index (χ2n) is 5.58. The van der Waals surface area contributed by atoms with E-state index < -0.39 is 29.7 Å². The molecule has 2 atom stereocenters. The SMILES string of the molecule is CC(C)(C)OC(=O)N1CCOCC1C(N)CC(=O)O. The summed E-state index contributed by atoms with van der Waals surface area (Å²) in [6, 6.07) is -1.15. The average molecular weight is 274 g/mol. The Labute approximate surface area is 112 Å². The Bertz CT molecular complexity index is 340. The van der Waals surface area contributed by atoms with E-state index in [-0.39, 0.29) is 13.0 Å². The zero-order valence-electron chi connectivity index (χ0n) is 11.6. The summed E-state index contributed by atoms with van der Waals surface area (Å²) >= 11 is 0. The van der Waals surface area contributed by atoms with E-state index in [2.05, 4.69) is 0 Å². The summed E-state index contributed by atoms with van der Waals surface area (Å²) in [5, 5.41) is 8.77. The van der Waals surface area contributed by atoms with Gasteiger partial charge in [-0.3, -0.25) is 9.69 Å². The zero-order valence-corrected chi connectivity index (χ0v) is 11.6. The summed E-state index contributed by atoms with van der Waals surface area (Å²) < 4.78 is 10.6. The number of hydrogen-bond acceptors (Lipinski definition) is 5. The van der Waals surface area contributed by atoms with Gasteiger partial charge in [0.1, 0.15) is 5.60 Å². The van der Waals surface area contributed by atoms with E-state index >= 15 is 0 Å². The molecule has 0 aromatic rings. The second-order valence-corrected chi connectivity index (χ2v) is 5.58. The van der Waals surface area contributed by atoms with Crippen LogP contribution in [0.4, 0.5) is 4.79 Å². The molecule has 0 bridgehead atoms. The van der Waals surface area contributed by atoms with Crippen LogP contribution in [0.15, 0.2) is 0 Å². The molecule has 0 saturated carbocycles. The number of carboxylic acids is 1. The predicted molar refractivity (Wildman–Crippen MR) is 67.8 cm³/mol. The van der Waals surface area contributed by atoms with Gasteiger partial charge in [0.2, 0.25) is 0 Å². The third kappa shape index (κ3) is 5.04. The summed E-state index contributed by atoms with van der Waals surface area (Å²) in [5.74, 6) is -0.998. The van der Waals surface area contributed by atoms with Gasteiger partial charge < -0.3 is 20.3 Å². The van der Waals surface area contributed by atoms with Crippen LogP contribution in [0.5, 0.6) is 0 Å². The van der Waals surface area contributed by atoms with Gasteiger partial charge in [0, 0.05) is 12.6 Å². The van der Waals surface area contributed by atoms with Crippen LogP contribution in [0.2, 0.25) is 0 Å². The Morgan fingerprint density at radius 2 is 2.16 bits per heavy atom. The van der Waals surface area contributed by atoms with E-state index in [0.29, 0.717) is 13.2 Å². The number of nitrogens with two attached hydrogens (primary N) is 1. The molecule has 7 nitrogen and oxygen atoms in total. The van der Waals surface area contributed by atoms with Gasteiger partial charge in [0.25, 0.3) is 0 Å². The van der Waals surface area contributed by atoms with Crippen molar-refractivity contribution in [3.63, 3.8) is 0 Å². The van der Waals surface area contributed by atoms with Gasteiger partial charge >= 0.3 is 12.1 Å². The second kappa shape index (κ2) is 6.21. The van der Waals surface area contributed by atoms with Crippen LogP contribution in [0, 0.1) is 0 Å². The van der Waals surface area contributed by atoms with Crippen molar-refractivity contribution in [3.05, 3.63) is 0 Å². The molecule has 1 heterocycles. The number of carbonyl (C=O) groups excluding carboxylic acids is 1. The Morgan fingerprint density at radius 3 is 2.68 bits per heavy atom. The molecule has 2 unspecified atom stereocenters. The summed E-state index contributed by atoms with van der Waals surface area (Å²) in [7, 11) is 0. The number of rotatable bonds is 3. The van der Waals surface area contributed by atoms with Crippen molar-refractivity contribution in [1.82, 2.24) is 4.90 Å². The third-order valence-electron chi connectivity index (χ3n) is 2.70. The Kier molecular flexibility index (Phi) is 5.13. The van der Waals surface area contributed by atoms with Crippen molar-refractivity contribution in [3.8, 4) is 0 Å². The summed E-state index contributed by atoms with van der Waals surface area (Å²) in [6.45, 7) is 6.31. The molecule has 0 aliphatic carbocycles. The molecule has 0 aromatic carbocycles. The van der Waals surface area contributed by atoms with E-state index in [1.807, 2.05) is 0 Å². The van der Waals surface area contributed by atoms with Crippen LogP contribution in [-0.2, 0) is 14.3 Å². The minimum atomic E-state index is -0.998. The van der Waals surface area contributed by atoms with Gasteiger partial charge in [-0.05, 0) is 20.8 Å². The molecule has 3 N–H and O–H groups in total. The Hall–Kier alpha value is -1.34. The topological polar surface area (TPSA) is 102 Å². The lowest BCUT2D eigenvalue weighted by molar-refractivity contribution is -0.138. The molecule has 1 aliphatic rings. The maximum atomic E-state index is 12.1. The molecule has 110 valence electrons. The van der Waals surface area contributed by atoms with E-state index in [9.17, 15) is 9.59 Å². The van der Waals surface area contributed by atoms with Crippen LogP contribution in [0.3, 0.4) is 0 Å². The highest BCUT2D eigenvalue weighted by Gasteiger charge is 2.35. The van der Waals surface area contributed by atoms with Gasteiger partial charge in [-0.15, -0.1) is 0 Å². The Balaban J connectivity index is 2.71. The Morgan fingerprint density at radius 1 is 1.53 bits per heavy atom. The zero-order chi connectivity index (χ0) is 14.6. The fraction of sp³-hybridized carbons (Fsp3) is 0.833. The number of ether oxygens (including phenoxy) is 2. The molecule has 1 rings (SSSR count). The lowest BCUT2D eigenvalue weighted by Gasteiger charge is -2.39. The lowest BCUT2D eigenvalue weighted by Crippen LogP contribution is -2.58. The minimum absolute atomic E-state index is 0.215. The normalized spacial score (nSPS) is 21.9. The number of hydrogen-bond donors (Lipinski definition) is 2. The fourth-order valence-electron chi connectivity index (χ4n) is 1.86. The van der Waals surface area contributed by atoms with E-state index in [0.717, 1.165) is 0 Å². The summed E-state index contributed by atoms with van der Waals surface area (Å²) in [6.07, 6.45) is -0.700. The molecule has 0 aromatic heterocycles. The summed E-state index contributed by atoms with van der Waals surface area (Å²) in [4.78, 5) is 24.2. The molecule has 1 fully saturated rings. The number of amides is 1. The standard InChI is InChI=1S/C12H22N2O5/c1-12(2,3)19-11(17)14-4-5-18-7-9(14)8(13)6-10(15)16/h8-9H,4-7,13H2,1-3H3,(H,15,16). The fourth-order valence-corrected chi connectivity index (χ4v) is 1.86. The molecule has 0 radical (unpaired) electrons. The van der Waals surface area contributed by atoms with Crippen molar-refractivity contribution < 1.29 is 24.2 Å². The van der Waals surface area contributed by atoms with E-state index in [1.165, 1.54) is 4.90 Å². The third-order valence-corrected chi connectivity index (χ3v) is 2.70. The van der Waals surface area contributed by atoms with Gasteiger partial charge in [-0.1, -0.05) is 0 Å². The van der Waals surface area contributed by atoms with Gasteiger partial charge in [0.05, 0.1) is 25.7 Å². The number of aliphatic carboxylic acids is 1. The van der Waals surface area contributed by atoms with Crippen molar-refractivity contribution >= 4 is 12.1 Å². The molecule has 1 aliphatic heterocycles. The van der Waals surface area contributed by atoms with Crippen LogP contribution in [0.25, 0.3) is 0 Å². The average Bonchev–Trinajstić information content (AvgIpc) is 2.25. The van der Waals surface area contributed by atoms with E-state index in [1.54, 1.807) is 20.8 Å². The van der Waals surface area contributed by atoms with Gasteiger partial charge in [-0.2, -0.15) is 0 Å². The first-order valence-electron chi connectivity index (χ1n) is 6.25. The number of carbonyl (C=O) groups is 2. The number of nitrogens with zero attached hydrogens (tertiary/aromatic N) is 1. The summed E-state index contributed by atoms with van der Waals surface area (Å²) in [5.41, 5.74) is 5.23. The van der Waals surface area contributed by atoms with Crippen LogP contribution < -0.4 is 5.73 Å². The maximum absolute atomic E-state index is 12.1. The molecule has 0 spiro atoms. The quantitative estimate of drug-likeness (QED) is 0.773. The maximum Gasteiger partial charge on any atom is 0.410 e. The number of carboxylic acid groups (broad SMARTS) is 1. The first-order valence-corrected chi connectivity index (χ1v) is 6.25. The minimum Gasteiger partial charge on any atom is -0.481 e. The molecular weight excluding hydrogens is 252 g/mol. The highest BCUT2D eigenvalue weighted by atomic mass is 16.6. The number of morpholine rings is 1. The first kappa shape index (κ1) is 15.7. The monoisotopic (exact) mass is 274 g/mol. The first-order chi connectivity index (χ1) is 8.70. The molecular formula is C12H22N2O5. The molecule has 7 heteroatoms. The molecule has 1 amide bonds. The highest BCUT2D eigenvalue weighted by molar-refractivity contribution is 5.70. The van der Waals surface area contributed by atoms with Crippen molar-refractivity contribution in [2.24, 2.45) is 5.73 Å². The van der Waals surface area contributed by atoms with Crippen LogP contribution >= 0.6 is 0 Å². The smallest absolute Gasteiger partial charge is 0.410 e. The molecule has 19 heavy (non-hydrogen) atoms. The predicted octanol–water partition coefficient (Wildman–Crippen LogP) is 0.424.